The first kappa shape index (κ1) is 16.3. The molecule has 0 saturated carbocycles. The van der Waals surface area contributed by atoms with Crippen molar-refractivity contribution in [3.63, 3.8) is 0 Å². The molecule has 6 heteroatoms. The summed E-state index contributed by atoms with van der Waals surface area (Å²) in [6.07, 6.45) is -3.83. The molecule has 1 aliphatic rings. The monoisotopic (exact) mass is 303 g/mol. The molecule has 1 saturated heterocycles. The summed E-state index contributed by atoms with van der Waals surface area (Å²) in [4.78, 5) is 2.17. The van der Waals surface area contributed by atoms with Crippen LogP contribution in [0, 0.1) is 12.8 Å². The molecule has 2 atom stereocenters. The first-order valence-electron chi connectivity index (χ1n) is 7.34. The van der Waals surface area contributed by atoms with Crippen LogP contribution in [0.4, 0.5) is 13.2 Å². The highest BCUT2D eigenvalue weighted by atomic mass is 19.4. The molecule has 1 aromatic heterocycles. The molecule has 0 bridgehead atoms. The number of alkyl halides is 3. The predicted molar refractivity (Wildman–Crippen MR) is 75.9 cm³/mol. The van der Waals surface area contributed by atoms with Gasteiger partial charge in [0.2, 0.25) is 0 Å². The fourth-order valence-corrected chi connectivity index (χ4v) is 3.29. The fourth-order valence-electron chi connectivity index (χ4n) is 3.29. The summed E-state index contributed by atoms with van der Waals surface area (Å²) >= 11 is 0. The van der Waals surface area contributed by atoms with Crippen molar-refractivity contribution in [2.75, 3.05) is 6.54 Å². The van der Waals surface area contributed by atoms with Gasteiger partial charge in [-0.3, -0.25) is 9.58 Å². The third-order valence-corrected chi connectivity index (χ3v) is 4.31. The van der Waals surface area contributed by atoms with Gasteiger partial charge in [-0.2, -0.15) is 18.3 Å². The van der Waals surface area contributed by atoms with E-state index in [-0.39, 0.29) is 24.4 Å². The van der Waals surface area contributed by atoms with E-state index in [2.05, 4.69) is 30.8 Å². The van der Waals surface area contributed by atoms with E-state index in [1.54, 1.807) is 11.7 Å². The Morgan fingerprint density at radius 2 is 1.86 bits per heavy atom. The van der Waals surface area contributed by atoms with E-state index in [1.807, 2.05) is 13.0 Å². The summed E-state index contributed by atoms with van der Waals surface area (Å²) in [6.45, 7) is 8.49. The fraction of sp³-hybridized carbons (Fsp3) is 0.800. The first-order chi connectivity index (χ1) is 9.50. The molecule has 21 heavy (non-hydrogen) atoms. The molecular formula is C15H24F3N3. The molecule has 1 aromatic rings. The summed E-state index contributed by atoms with van der Waals surface area (Å²) in [5.74, 6) is -1.23. The van der Waals surface area contributed by atoms with Crippen LogP contribution in [0.5, 0.6) is 0 Å². The molecule has 0 amide bonds. The van der Waals surface area contributed by atoms with Gasteiger partial charge >= 0.3 is 6.18 Å². The molecule has 0 radical (unpaired) electrons. The van der Waals surface area contributed by atoms with Crippen LogP contribution in [-0.2, 0) is 7.05 Å². The van der Waals surface area contributed by atoms with Crippen LogP contribution in [-0.4, -0.2) is 32.9 Å². The third-order valence-electron chi connectivity index (χ3n) is 4.31. The Bertz CT molecular complexity index is 499. The van der Waals surface area contributed by atoms with Gasteiger partial charge in [0.25, 0.3) is 0 Å². The standard InChI is InChI=1S/C15H24F3N3/c1-10-8-12(20(5)19-10)13-9-11(15(16,17)18)6-7-21(13)14(2,3)4/h8,11,13H,6-7,9H2,1-5H3/t11-,13+/m1/s1. The van der Waals surface area contributed by atoms with Crippen LogP contribution < -0.4 is 0 Å². The number of rotatable bonds is 1. The van der Waals surface area contributed by atoms with Gasteiger partial charge in [0.1, 0.15) is 0 Å². The second kappa shape index (κ2) is 5.30. The molecule has 0 aromatic carbocycles. The van der Waals surface area contributed by atoms with Crippen molar-refractivity contribution in [1.82, 2.24) is 14.7 Å². The zero-order valence-corrected chi connectivity index (χ0v) is 13.3. The summed E-state index contributed by atoms with van der Waals surface area (Å²) < 4.78 is 41.1. The average Bonchev–Trinajstić information content (AvgIpc) is 2.65. The Morgan fingerprint density at radius 1 is 1.24 bits per heavy atom. The van der Waals surface area contributed by atoms with E-state index in [0.717, 1.165) is 11.4 Å². The lowest BCUT2D eigenvalue weighted by molar-refractivity contribution is -0.194. The highest BCUT2D eigenvalue weighted by Crippen LogP contribution is 2.44. The molecule has 3 nitrogen and oxygen atoms in total. The summed E-state index contributed by atoms with van der Waals surface area (Å²) in [5.41, 5.74) is 1.55. The number of aryl methyl sites for hydroxylation is 2. The molecule has 0 spiro atoms. The Kier molecular flexibility index (Phi) is 4.12. The number of hydrogen-bond donors (Lipinski definition) is 0. The topological polar surface area (TPSA) is 21.1 Å². The lowest BCUT2D eigenvalue weighted by atomic mass is 9.85. The van der Waals surface area contributed by atoms with Gasteiger partial charge in [0, 0.05) is 12.6 Å². The van der Waals surface area contributed by atoms with E-state index in [4.69, 9.17) is 0 Å². The Morgan fingerprint density at radius 3 is 2.29 bits per heavy atom. The minimum atomic E-state index is -4.12. The van der Waals surface area contributed by atoms with Crippen molar-refractivity contribution in [2.24, 2.45) is 13.0 Å². The third kappa shape index (κ3) is 3.42. The van der Waals surface area contributed by atoms with Crippen molar-refractivity contribution in [3.05, 3.63) is 17.5 Å². The van der Waals surface area contributed by atoms with Crippen LogP contribution in [0.15, 0.2) is 6.07 Å². The zero-order chi connectivity index (χ0) is 16.0. The van der Waals surface area contributed by atoms with Crippen molar-refractivity contribution in [3.8, 4) is 0 Å². The molecule has 2 rings (SSSR count). The maximum atomic E-state index is 13.1. The number of likely N-dealkylation sites (tertiary alicyclic amines) is 1. The maximum absolute atomic E-state index is 13.1. The highest BCUT2D eigenvalue weighted by molar-refractivity contribution is 5.15. The van der Waals surface area contributed by atoms with Crippen LogP contribution in [0.25, 0.3) is 0 Å². The second-order valence-electron chi connectivity index (χ2n) is 6.98. The SMILES string of the molecule is Cc1cc([C@@H]2C[C@H](C(F)(F)F)CCN2C(C)(C)C)n(C)n1. The maximum Gasteiger partial charge on any atom is 0.391 e. The number of piperidine rings is 1. The van der Waals surface area contributed by atoms with Gasteiger partial charge in [-0.25, -0.2) is 0 Å². The molecule has 0 N–H and O–H groups in total. The van der Waals surface area contributed by atoms with E-state index in [1.165, 1.54) is 0 Å². The van der Waals surface area contributed by atoms with Gasteiger partial charge in [-0.15, -0.1) is 0 Å². The number of hydrogen-bond acceptors (Lipinski definition) is 2. The number of aromatic nitrogens is 2. The quantitative estimate of drug-likeness (QED) is 0.786. The molecule has 1 aliphatic heterocycles. The van der Waals surface area contributed by atoms with Crippen molar-refractivity contribution in [1.29, 1.82) is 0 Å². The average molecular weight is 303 g/mol. The smallest absolute Gasteiger partial charge is 0.290 e. The lowest BCUT2D eigenvalue weighted by Crippen LogP contribution is -2.50. The van der Waals surface area contributed by atoms with Crippen LogP contribution in [0.1, 0.15) is 51.0 Å². The van der Waals surface area contributed by atoms with Gasteiger partial charge in [-0.1, -0.05) is 0 Å². The number of halogens is 3. The first-order valence-corrected chi connectivity index (χ1v) is 7.34. The van der Waals surface area contributed by atoms with Crippen molar-refractivity contribution < 1.29 is 13.2 Å². The van der Waals surface area contributed by atoms with E-state index >= 15 is 0 Å². The Hall–Kier alpha value is -1.04. The zero-order valence-electron chi connectivity index (χ0n) is 13.3. The Labute approximate surface area is 124 Å². The van der Waals surface area contributed by atoms with Crippen LogP contribution >= 0.6 is 0 Å². The molecule has 120 valence electrons. The molecule has 2 heterocycles. The molecular weight excluding hydrogens is 279 g/mol. The van der Waals surface area contributed by atoms with E-state index in [9.17, 15) is 13.2 Å². The van der Waals surface area contributed by atoms with E-state index < -0.39 is 12.1 Å². The summed E-state index contributed by atoms with van der Waals surface area (Å²) in [5, 5.41) is 4.30. The molecule has 1 fully saturated rings. The lowest BCUT2D eigenvalue weighted by Gasteiger charge is -2.47. The second-order valence-corrected chi connectivity index (χ2v) is 6.98. The Balaban J connectivity index is 2.36. The van der Waals surface area contributed by atoms with Crippen LogP contribution in [0.2, 0.25) is 0 Å². The summed E-state index contributed by atoms with van der Waals surface area (Å²) in [6, 6.07) is 1.67. The number of nitrogens with zero attached hydrogens (tertiary/aromatic N) is 3. The molecule has 0 unspecified atom stereocenters. The highest BCUT2D eigenvalue weighted by Gasteiger charge is 2.47. The predicted octanol–water partition coefficient (Wildman–Crippen LogP) is 3.84. The van der Waals surface area contributed by atoms with Crippen molar-refractivity contribution >= 4 is 0 Å². The van der Waals surface area contributed by atoms with Gasteiger partial charge in [-0.05, 0) is 53.1 Å². The summed E-state index contributed by atoms with van der Waals surface area (Å²) in [7, 11) is 1.81. The van der Waals surface area contributed by atoms with E-state index in [0.29, 0.717) is 6.54 Å². The minimum absolute atomic E-state index is 0.111. The molecule has 0 aliphatic carbocycles. The van der Waals surface area contributed by atoms with Gasteiger partial charge < -0.3 is 0 Å². The van der Waals surface area contributed by atoms with Gasteiger partial charge in [0.05, 0.1) is 23.3 Å². The van der Waals surface area contributed by atoms with Crippen molar-refractivity contribution in [2.45, 2.75) is 58.3 Å². The van der Waals surface area contributed by atoms with Gasteiger partial charge in [0.15, 0.2) is 0 Å². The minimum Gasteiger partial charge on any atom is -0.290 e. The largest absolute Gasteiger partial charge is 0.391 e. The normalized spacial score (nSPS) is 25.3. The van der Waals surface area contributed by atoms with Crippen LogP contribution in [0.3, 0.4) is 0 Å².